The highest BCUT2D eigenvalue weighted by Gasteiger charge is 2.22. The molecule has 0 saturated carbocycles. The molecule has 0 fully saturated rings. The Labute approximate surface area is 171 Å². The third-order valence-electron chi connectivity index (χ3n) is 4.40. The summed E-state index contributed by atoms with van der Waals surface area (Å²) in [5.41, 5.74) is 11.8. The van der Waals surface area contributed by atoms with Gasteiger partial charge < -0.3 is 32.0 Å². The first-order valence-corrected chi connectivity index (χ1v) is 9.04. The number of anilines is 3. The van der Waals surface area contributed by atoms with Crippen LogP contribution in [-0.4, -0.2) is 34.9 Å². The zero-order valence-electron chi connectivity index (χ0n) is 16.4. The molecule has 30 heavy (non-hydrogen) atoms. The maximum absolute atomic E-state index is 12.0. The predicted octanol–water partition coefficient (Wildman–Crippen LogP) is 0.790. The van der Waals surface area contributed by atoms with Crippen molar-refractivity contribution in [3.05, 3.63) is 47.3 Å². The second kappa shape index (κ2) is 8.47. The molecule has 0 unspecified atom stereocenters. The summed E-state index contributed by atoms with van der Waals surface area (Å²) in [4.78, 5) is 32.0. The van der Waals surface area contributed by atoms with Crippen molar-refractivity contribution in [1.82, 2.24) is 9.97 Å². The quantitative estimate of drug-likeness (QED) is 0.311. The van der Waals surface area contributed by atoms with Gasteiger partial charge >= 0.3 is 0 Å². The minimum atomic E-state index is -0.805. The Balaban J connectivity index is 2.06. The lowest BCUT2D eigenvalue weighted by atomic mass is 10.2. The van der Waals surface area contributed by atoms with Crippen LogP contribution in [0.15, 0.2) is 36.5 Å². The minimum absolute atomic E-state index is 0.0307. The first-order valence-electron chi connectivity index (χ1n) is 9.04. The fourth-order valence-electron chi connectivity index (χ4n) is 2.90. The summed E-state index contributed by atoms with van der Waals surface area (Å²) in [5.74, 6) is -1.35. The third kappa shape index (κ3) is 4.14. The molecule has 0 saturated heterocycles. The molecule has 0 spiro atoms. The number of carbonyl (C=O) groups is 2. The minimum Gasteiger partial charge on any atom is -0.618 e. The zero-order chi connectivity index (χ0) is 21.8. The summed E-state index contributed by atoms with van der Waals surface area (Å²) in [6.45, 7) is 1.77. The van der Waals surface area contributed by atoms with Crippen LogP contribution in [0.25, 0.3) is 10.9 Å². The topological polar surface area (TPSA) is 172 Å². The van der Waals surface area contributed by atoms with E-state index in [1.54, 1.807) is 37.3 Å². The van der Waals surface area contributed by atoms with Gasteiger partial charge in [0.25, 0.3) is 5.91 Å². The number of nitrogens with two attached hydrogens (primary N) is 2. The van der Waals surface area contributed by atoms with E-state index in [4.69, 9.17) is 16.2 Å². The number of rotatable bonds is 8. The first kappa shape index (κ1) is 20.6. The van der Waals surface area contributed by atoms with E-state index in [0.29, 0.717) is 23.0 Å². The molecule has 0 aliphatic heterocycles. The second-order valence-corrected chi connectivity index (χ2v) is 6.38. The summed E-state index contributed by atoms with van der Waals surface area (Å²) in [5, 5.41) is 18.4. The van der Waals surface area contributed by atoms with Crippen LogP contribution in [0.5, 0.6) is 5.88 Å². The van der Waals surface area contributed by atoms with Gasteiger partial charge in [-0.1, -0.05) is 6.92 Å². The van der Waals surface area contributed by atoms with E-state index in [1.165, 1.54) is 13.3 Å². The van der Waals surface area contributed by atoms with Crippen molar-refractivity contribution >= 4 is 40.2 Å². The van der Waals surface area contributed by atoms with Gasteiger partial charge in [0.1, 0.15) is 11.6 Å². The Kier molecular flexibility index (Phi) is 5.81. The monoisotopic (exact) mass is 411 g/mol. The number of methoxy groups -OCH3 is 1. The van der Waals surface area contributed by atoms with Gasteiger partial charge in [-0.2, -0.15) is 14.7 Å². The molecule has 11 heteroatoms. The van der Waals surface area contributed by atoms with Crippen molar-refractivity contribution in [2.45, 2.75) is 19.4 Å². The molecule has 11 nitrogen and oxygen atoms in total. The molecular formula is C19H21N7O4. The average Bonchev–Trinajstić information content (AvgIpc) is 2.71. The van der Waals surface area contributed by atoms with E-state index in [-0.39, 0.29) is 23.2 Å². The van der Waals surface area contributed by atoms with E-state index in [1.807, 2.05) is 0 Å². The zero-order valence-corrected chi connectivity index (χ0v) is 16.4. The summed E-state index contributed by atoms with van der Waals surface area (Å²) >= 11 is 0. The number of primary amides is 2. The Morgan fingerprint density at radius 3 is 2.67 bits per heavy atom. The highest BCUT2D eigenvalue weighted by atomic mass is 16.5. The molecule has 2 aromatic heterocycles. The Morgan fingerprint density at radius 1 is 1.27 bits per heavy atom. The largest absolute Gasteiger partial charge is 0.618 e. The van der Waals surface area contributed by atoms with Crippen molar-refractivity contribution in [3.8, 4) is 5.88 Å². The van der Waals surface area contributed by atoms with Crippen LogP contribution in [0.3, 0.4) is 0 Å². The molecule has 1 aromatic carbocycles. The van der Waals surface area contributed by atoms with Crippen LogP contribution < -0.4 is 31.6 Å². The second-order valence-electron chi connectivity index (χ2n) is 6.38. The van der Waals surface area contributed by atoms with Crippen molar-refractivity contribution in [2.24, 2.45) is 11.5 Å². The number of ether oxygens (including phenoxy) is 1. The summed E-state index contributed by atoms with van der Waals surface area (Å²) in [7, 11) is 1.33. The van der Waals surface area contributed by atoms with Crippen LogP contribution >= 0.6 is 0 Å². The molecule has 2 amide bonds. The van der Waals surface area contributed by atoms with Crippen LogP contribution in [0.1, 0.15) is 23.7 Å². The van der Waals surface area contributed by atoms with Gasteiger partial charge in [0, 0.05) is 23.2 Å². The molecule has 6 N–H and O–H groups in total. The van der Waals surface area contributed by atoms with E-state index in [9.17, 15) is 14.8 Å². The maximum atomic E-state index is 12.0. The highest BCUT2D eigenvalue weighted by molar-refractivity contribution is 6.01. The van der Waals surface area contributed by atoms with E-state index >= 15 is 0 Å². The molecule has 156 valence electrons. The van der Waals surface area contributed by atoms with Crippen LogP contribution in [0.2, 0.25) is 0 Å². The SMILES string of the molecule is CC[C@@H](Nc1nc(Nc2ccc3c(ccc[n+]3[O-])c2)c(C(N)=O)c(OC)n1)C(N)=O. The van der Waals surface area contributed by atoms with Crippen LogP contribution in [0.4, 0.5) is 17.5 Å². The molecular weight excluding hydrogens is 390 g/mol. The summed E-state index contributed by atoms with van der Waals surface area (Å²) < 4.78 is 5.94. The maximum Gasteiger partial charge on any atom is 0.258 e. The van der Waals surface area contributed by atoms with Gasteiger partial charge in [0.2, 0.25) is 23.3 Å². The van der Waals surface area contributed by atoms with Gasteiger partial charge in [-0.25, -0.2) is 0 Å². The van der Waals surface area contributed by atoms with Crippen molar-refractivity contribution in [3.63, 3.8) is 0 Å². The number of aromatic nitrogens is 3. The number of amides is 2. The van der Waals surface area contributed by atoms with Crippen LogP contribution in [-0.2, 0) is 4.79 Å². The van der Waals surface area contributed by atoms with Gasteiger partial charge in [-0.3, -0.25) is 9.59 Å². The number of nitrogens with one attached hydrogen (secondary N) is 2. The van der Waals surface area contributed by atoms with Crippen LogP contribution in [0, 0.1) is 5.21 Å². The molecule has 0 aliphatic rings. The lowest BCUT2D eigenvalue weighted by Gasteiger charge is -2.17. The Morgan fingerprint density at radius 2 is 2.03 bits per heavy atom. The summed E-state index contributed by atoms with van der Waals surface area (Å²) in [6, 6.07) is 7.69. The molecule has 1 atom stereocenters. The Hall–Kier alpha value is -4.15. The molecule has 2 heterocycles. The number of hydrogen-bond acceptors (Lipinski definition) is 8. The Bertz CT molecular complexity index is 1120. The van der Waals surface area contributed by atoms with Gasteiger partial charge in [0.15, 0.2) is 12.0 Å². The third-order valence-corrected chi connectivity index (χ3v) is 4.40. The number of hydrogen-bond donors (Lipinski definition) is 4. The van der Waals surface area contributed by atoms with Gasteiger partial charge in [0.05, 0.1) is 7.11 Å². The van der Waals surface area contributed by atoms with Gasteiger partial charge in [-0.05, 0) is 24.6 Å². The normalized spacial score (nSPS) is 11.7. The van der Waals surface area contributed by atoms with Gasteiger partial charge in [-0.15, -0.1) is 0 Å². The number of carbonyl (C=O) groups excluding carboxylic acids is 2. The molecule has 3 rings (SSSR count). The predicted molar refractivity (Wildman–Crippen MR) is 110 cm³/mol. The van der Waals surface area contributed by atoms with Crippen molar-refractivity contribution in [2.75, 3.05) is 17.7 Å². The number of fused-ring (bicyclic) bond motifs is 1. The van der Waals surface area contributed by atoms with Crippen molar-refractivity contribution in [1.29, 1.82) is 0 Å². The number of benzene rings is 1. The highest BCUT2D eigenvalue weighted by Crippen LogP contribution is 2.28. The number of nitrogens with zero attached hydrogens (tertiary/aromatic N) is 3. The smallest absolute Gasteiger partial charge is 0.258 e. The molecule has 3 aromatic rings. The van der Waals surface area contributed by atoms with E-state index < -0.39 is 17.9 Å². The lowest BCUT2D eigenvalue weighted by Crippen LogP contribution is -2.35. The molecule has 0 radical (unpaired) electrons. The molecule has 0 aliphatic carbocycles. The lowest BCUT2D eigenvalue weighted by molar-refractivity contribution is -0.577. The average molecular weight is 411 g/mol. The van der Waals surface area contributed by atoms with Crippen molar-refractivity contribution < 1.29 is 19.1 Å². The fourth-order valence-corrected chi connectivity index (χ4v) is 2.90. The summed E-state index contributed by atoms with van der Waals surface area (Å²) in [6.07, 6.45) is 1.80. The molecule has 0 bridgehead atoms. The fraction of sp³-hybridized carbons (Fsp3) is 0.211. The first-order chi connectivity index (χ1) is 14.3. The number of pyridine rings is 1. The van der Waals surface area contributed by atoms with E-state index in [0.717, 1.165) is 4.73 Å². The standard InChI is InChI=1S/C19H21N7O4/c1-3-12(15(20)27)23-19-24-17(14(16(21)28)18(25-19)30-2)22-11-6-7-13-10(9-11)5-4-8-26(13)29/h4-9,12H,3H2,1-2H3,(H2,20,27)(H2,21,28)(H2,22,23,24,25)/t12-/m1/s1. The van der Waals surface area contributed by atoms with E-state index in [2.05, 4.69) is 20.6 Å².